The van der Waals surface area contributed by atoms with Crippen LogP contribution in [0.2, 0.25) is 0 Å². The molecule has 7 heteroatoms. The maximum atomic E-state index is 13.6. The van der Waals surface area contributed by atoms with Crippen LogP contribution in [0, 0.1) is 0 Å². The summed E-state index contributed by atoms with van der Waals surface area (Å²) in [4.78, 5) is 13.7. The van der Waals surface area contributed by atoms with Crippen LogP contribution in [0.15, 0.2) is 83.8 Å². The molecule has 0 aliphatic rings. The number of amides is 1. The van der Waals surface area contributed by atoms with Gasteiger partial charge < -0.3 is 10.1 Å². The third-order valence-corrected chi connectivity index (χ3v) is 7.43. The van der Waals surface area contributed by atoms with Gasteiger partial charge >= 0.3 is 0 Å². The van der Waals surface area contributed by atoms with Crippen LogP contribution in [0.4, 0.5) is 5.69 Å². The average Bonchev–Trinajstić information content (AvgIpc) is 2.82. The minimum atomic E-state index is -3.69. The summed E-state index contributed by atoms with van der Waals surface area (Å²) < 4.78 is 33.2. The zero-order chi connectivity index (χ0) is 23.8. The van der Waals surface area contributed by atoms with Crippen molar-refractivity contribution in [2.45, 2.75) is 31.6 Å². The van der Waals surface area contributed by atoms with Gasteiger partial charge in [0.15, 0.2) is 0 Å². The van der Waals surface area contributed by atoms with Gasteiger partial charge in [-0.25, -0.2) is 8.42 Å². The van der Waals surface area contributed by atoms with Crippen LogP contribution in [-0.2, 0) is 14.8 Å². The molecular weight excluding hydrogens is 436 g/mol. The van der Waals surface area contributed by atoms with E-state index in [1.54, 1.807) is 19.9 Å². The van der Waals surface area contributed by atoms with Crippen LogP contribution in [-0.4, -0.2) is 38.3 Å². The predicted molar refractivity (Wildman–Crippen MR) is 131 cm³/mol. The summed E-state index contributed by atoms with van der Waals surface area (Å²) in [7, 11) is -3.69. The number of benzene rings is 3. The van der Waals surface area contributed by atoms with Gasteiger partial charge in [0.1, 0.15) is 5.75 Å². The fourth-order valence-corrected chi connectivity index (χ4v) is 5.24. The van der Waals surface area contributed by atoms with Crippen LogP contribution >= 0.6 is 0 Å². The highest BCUT2D eigenvalue weighted by Gasteiger charge is 2.26. The molecule has 0 unspecified atom stereocenters. The van der Waals surface area contributed by atoms with E-state index < -0.39 is 15.9 Å². The number of hydrogen-bond acceptors (Lipinski definition) is 4. The Labute approximate surface area is 196 Å². The number of anilines is 1. The topological polar surface area (TPSA) is 75.7 Å². The van der Waals surface area contributed by atoms with Crippen LogP contribution < -0.4 is 10.1 Å². The van der Waals surface area contributed by atoms with Crippen molar-refractivity contribution in [3.05, 3.63) is 90.0 Å². The lowest BCUT2D eigenvalue weighted by Gasteiger charge is -2.21. The Kier molecular flexibility index (Phi) is 8.25. The maximum Gasteiger partial charge on any atom is 0.243 e. The molecule has 6 nitrogen and oxygen atoms in total. The molecule has 3 aromatic carbocycles. The SMILES string of the molecule is CCOc1ccc(S(=O)(=O)N(CC)CC)cc1NC(=O)C(c1ccccc1)c1ccccc1. The quantitative estimate of drug-likeness (QED) is 0.462. The third-order valence-electron chi connectivity index (χ3n) is 5.38. The molecule has 0 heterocycles. The minimum Gasteiger partial charge on any atom is -0.492 e. The number of carbonyl (C=O) groups is 1. The van der Waals surface area contributed by atoms with Crippen LogP contribution in [0.1, 0.15) is 37.8 Å². The molecule has 0 fully saturated rings. The van der Waals surface area contributed by atoms with Crippen molar-refractivity contribution < 1.29 is 17.9 Å². The van der Waals surface area contributed by atoms with Crippen molar-refractivity contribution in [3.63, 3.8) is 0 Å². The van der Waals surface area contributed by atoms with Crippen molar-refractivity contribution in [1.82, 2.24) is 4.31 Å². The molecule has 0 aliphatic carbocycles. The molecule has 0 aliphatic heterocycles. The zero-order valence-electron chi connectivity index (χ0n) is 19.2. The summed E-state index contributed by atoms with van der Waals surface area (Å²) in [5.41, 5.74) is 2.00. The van der Waals surface area contributed by atoms with Crippen LogP contribution in [0.25, 0.3) is 0 Å². The third kappa shape index (κ3) is 5.61. The van der Waals surface area contributed by atoms with E-state index in [0.717, 1.165) is 11.1 Å². The Morgan fingerprint density at radius 3 is 1.91 bits per heavy atom. The zero-order valence-corrected chi connectivity index (χ0v) is 20.0. The fourth-order valence-electron chi connectivity index (χ4n) is 3.75. The molecule has 3 rings (SSSR count). The van der Waals surface area contributed by atoms with Gasteiger partial charge in [-0.1, -0.05) is 74.5 Å². The first-order valence-corrected chi connectivity index (χ1v) is 12.5. The second-order valence-corrected chi connectivity index (χ2v) is 9.36. The highest BCUT2D eigenvalue weighted by atomic mass is 32.2. The van der Waals surface area contributed by atoms with E-state index in [4.69, 9.17) is 4.74 Å². The van der Waals surface area contributed by atoms with Crippen LogP contribution in [0.3, 0.4) is 0 Å². The highest BCUT2D eigenvalue weighted by Crippen LogP contribution is 2.32. The maximum absolute atomic E-state index is 13.6. The highest BCUT2D eigenvalue weighted by molar-refractivity contribution is 7.89. The second kappa shape index (κ2) is 11.1. The van der Waals surface area contributed by atoms with Gasteiger partial charge in [0.2, 0.25) is 15.9 Å². The van der Waals surface area contributed by atoms with Crippen molar-refractivity contribution in [2.75, 3.05) is 25.0 Å². The number of nitrogens with one attached hydrogen (secondary N) is 1. The monoisotopic (exact) mass is 466 g/mol. The van der Waals surface area contributed by atoms with Gasteiger partial charge in [-0.3, -0.25) is 4.79 Å². The molecule has 0 aromatic heterocycles. The fraction of sp³-hybridized carbons (Fsp3) is 0.269. The second-order valence-electron chi connectivity index (χ2n) is 7.42. The van der Waals surface area contributed by atoms with E-state index in [9.17, 15) is 13.2 Å². The van der Waals surface area contributed by atoms with E-state index in [1.807, 2.05) is 67.6 Å². The number of sulfonamides is 1. The Hall–Kier alpha value is -3.16. The lowest BCUT2D eigenvalue weighted by Crippen LogP contribution is -2.30. The van der Waals surface area contributed by atoms with E-state index >= 15 is 0 Å². The number of rotatable bonds is 10. The van der Waals surface area contributed by atoms with Gasteiger partial charge in [0, 0.05) is 13.1 Å². The first kappa shape index (κ1) is 24.5. The molecule has 33 heavy (non-hydrogen) atoms. The largest absolute Gasteiger partial charge is 0.492 e. The summed E-state index contributed by atoms with van der Waals surface area (Å²) in [5.74, 6) is -0.417. The first-order chi connectivity index (χ1) is 15.9. The van der Waals surface area contributed by atoms with Crippen LogP contribution in [0.5, 0.6) is 5.75 Å². The van der Waals surface area contributed by atoms with Gasteiger partial charge in [-0.2, -0.15) is 4.31 Å². The van der Waals surface area contributed by atoms with E-state index in [2.05, 4.69) is 5.32 Å². The Morgan fingerprint density at radius 1 is 0.879 bits per heavy atom. The van der Waals surface area contributed by atoms with Gasteiger partial charge in [-0.05, 0) is 36.2 Å². The molecule has 174 valence electrons. The summed E-state index contributed by atoms with van der Waals surface area (Å²) in [6.45, 7) is 6.52. The Bertz CT molecular complexity index is 1120. The van der Waals surface area contributed by atoms with Crippen molar-refractivity contribution in [2.24, 2.45) is 0 Å². The summed E-state index contributed by atoms with van der Waals surface area (Å²) >= 11 is 0. The first-order valence-electron chi connectivity index (χ1n) is 11.1. The molecule has 0 saturated carbocycles. The van der Waals surface area contributed by atoms with E-state index in [1.165, 1.54) is 16.4 Å². The lowest BCUT2D eigenvalue weighted by atomic mass is 9.90. The Balaban J connectivity index is 2.03. The minimum absolute atomic E-state index is 0.112. The summed E-state index contributed by atoms with van der Waals surface area (Å²) in [6, 6.07) is 23.6. The molecule has 1 amide bonds. The number of hydrogen-bond donors (Lipinski definition) is 1. The molecule has 1 N–H and O–H groups in total. The molecule has 0 spiro atoms. The number of carbonyl (C=O) groups excluding carboxylic acids is 1. The smallest absolute Gasteiger partial charge is 0.243 e. The molecular formula is C26H30N2O4S. The predicted octanol–water partition coefficient (Wildman–Crippen LogP) is 4.89. The molecule has 0 bridgehead atoms. The van der Waals surface area contributed by atoms with Gasteiger partial charge in [-0.15, -0.1) is 0 Å². The van der Waals surface area contributed by atoms with Gasteiger partial charge in [0.05, 0.1) is 23.1 Å². The lowest BCUT2D eigenvalue weighted by molar-refractivity contribution is -0.116. The summed E-state index contributed by atoms with van der Waals surface area (Å²) in [6.07, 6.45) is 0. The van der Waals surface area contributed by atoms with Gasteiger partial charge in [0.25, 0.3) is 0 Å². The molecule has 0 saturated heterocycles. The molecule has 0 radical (unpaired) electrons. The standard InChI is InChI=1S/C26H30N2O4S/c1-4-28(5-2)33(30,31)22-17-18-24(32-6-3)23(19-22)27-26(29)25(20-13-9-7-10-14-20)21-15-11-8-12-16-21/h7-19,25H,4-6H2,1-3H3,(H,27,29). The molecule has 0 atom stereocenters. The Morgan fingerprint density at radius 2 is 1.42 bits per heavy atom. The summed E-state index contributed by atoms with van der Waals surface area (Å²) in [5, 5.41) is 2.93. The van der Waals surface area contributed by atoms with E-state index in [-0.39, 0.29) is 10.8 Å². The normalized spacial score (nSPS) is 11.5. The molecule has 3 aromatic rings. The van der Waals surface area contributed by atoms with Crippen molar-refractivity contribution in [1.29, 1.82) is 0 Å². The number of ether oxygens (including phenoxy) is 1. The average molecular weight is 467 g/mol. The van der Waals surface area contributed by atoms with Crippen molar-refractivity contribution in [3.8, 4) is 5.75 Å². The van der Waals surface area contributed by atoms with Crippen molar-refractivity contribution >= 4 is 21.6 Å². The number of nitrogens with zero attached hydrogens (tertiary/aromatic N) is 1. The van der Waals surface area contributed by atoms with E-state index in [0.29, 0.717) is 31.1 Å².